The number of benzene rings is 1. The molecule has 0 aliphatic carbocycles. The van der Waals surface area contributed by atoms with Crippen LogP contribution in [0.4, 0.5) is 4.39 Å². The highest BCUT2D eigenvalue weighted by Crippen LogP contribution is 2.29. The van der Waals surface area contributed by atoms with Gasteiger partial charge in [-0.2, -0.15) is 0 Å². The Hall–Kier alpha value is -1.31. The molecule has 0 fully saturated rings. The van der Waals surface area contributed by atoms with Crippen LogP contribution in [0, 0.1) is 5.82 Å². The molecule has 68 valence electrons. The molecule has 1 aromatic carbocycles. The van der Waals surface area contributed by atoms with E-state index in [1.54, 1.807) is 6.07 Å². The smallest absolute Gasteiger partial charge is 0.130 e. The van der Waals surface area contributed by atoms with E-state index in [0.717, 1.165) is 5.56 Å². The Bertz CT molecular complexity index is 368. The standard InChI is InChI=1S/C11H11FO/c1-7-5-9-3-4-10(12)6-11(9)13-8(7)2/h3-6,8H,1-2H3. The summed E-state index contributed by atoms with van der Waals surface area (Å²) in [7, 11) is 0. The fourth-order valence-electron chi connectivity index (χ4n) is 1.38. The monoisotopic (exact) mass is 178 g/mol. The van der Waals surface area contributed by atoms with Gasteiger partial charge in [0.05, 0.1) is 0 Å². The van der Waals surface area contributed by atoms with Gasteiger partial charge in [-0.3, -0.25) is 0 Å². The Morgan fingerprint density at radius 3 is 2.92 bits per heavy atom. The lowest BCUT2D eigenvalue weighted by Crippen LogP contribution is -2.17. The third kappa shape index (κ3) is 1.44. The minimum absolute atomic E-state index is 0.0503. The van der Waals surface area contributed by atoms with E-state index in [1.807, 2.05) is 19.9 Å². The molecule has 0 bridgehead atoms. The summed E-state index contributed by atoms with van der Waals surface area (Å²) in [5, 5.41) is 0. The van der Waals surface area contributed by atoms with Crippen molar-refractivity contribution >= 4 is 6.08 Å². The lowest BCUT2D eigenvalue weighted by Gasteiger charge is -2.22. The minimum atomic E-state index is -0.251. The maximum atomic E-state index is 12.8. The quantitative estimate of drug-likeness (QED) is 0.593. The summed E-state index contributed by atoms with van der Waals surface area (Å²) >= 11 is 0. The molecule has 1 atom stereocenters. The molecule has 1 heterocycles. The van der Waals surface area contributed by atoms with Crippen LogP contribution in [0.15, 0.2) is 23.8 Å². The highest BCUT2D eigenvalue weighted by molar-refractivity contribution is 5.62. The predicted octanol–water partition coefficient (Wildman–Crippen LogP) is 3.01. The number of hydrogen-bond donors (Lipinski definition) is 0. The van der Waals surface area contributed by atoms with Crippen LogP contribution in [0.5, 0.6) is 5.75 Å². The van der Waals surface area contributed by atoms with E-state index in [4.69, 9.17) is 4.74 Å². The lowest BCUT2D eigenvalue weighted by molar-refractivity contribution is 0.252. The Balaban J connectivity index is 2.50. The second-order valence-corrected chi connectivity index (χ2v) is 3.33. The van der Waals surface area contributed by atoms with Gasteiger partial charge >= 0.3 is 0 Å². The maximum absolute atomic E-state index is 12.8. The summed E-state index contributed by atoms with van der Waals surface area (Å²) in [6.45, 7) is 3.97. The topological polar surface area (TPSA) is 9.23 Å². The van der Waals surface area contributed by atoms with Crippen LogP contribution >= 0.6 is 0 Å². The summed E-state index contributed by atoms with van der Waals surface area (Å²) in [6.07, 6.45) is 2.08. The van der Waals surface area contributed by atoms with Crippen LogP contribution in [0.2, 0.25) is 0 Å². The van der Waals surface area contributed by atoms with Gasteiger partial charge in [0.25, 0.3) is 0 Å². The van der Waals surface area contributed by atoms with E-state index in [0.29, 0.717) is 5.75 Å². The fourth-order valence-corrected chi connectivity index (χ4v) is 1.38. The van der Waals surface area contributed by atoms with Crippen LogP contribution in [0.3, 0.4) is 0 Å². The minimum Gasteiger partial charge on any atom is -0.486 e. The van der Waals surface area contributed by atoms with Crippen LogP contribution in [0.1, 0.15) is 19.4 Å². The van der Waals surface area contributed by atoms with Crippen molar-refractivity contribution in [3.8, 4) is 5.75 Å². The van der Waals surface area contributed by atoms with Crippen LogP contribution in [-0.4, -0.2) is 6.10 Å². The van der Waals surface area contributed by atoms with E-state index in [9.17, 15) is 4.39 Å². The zero-order valence-electron chi connectivity index (χ0n) is 7.67. The number of hydrogen-bond acceptors (Lipinski definition) is 1. The third-order valence-corrected chi connectivity index (χ3v) is 2.30. The molecule has 13 heavy (non-hydrogen) atoms. The van der Waals surface area contributed by atoms with Crippen molar-refractivity contribution in [1.82, 2.24) is 0 Å². The van der Waals surface area contributed by atoms with Gasteiger partial charge in [0.2, 0.25) is 0 Å². The largest absolute Gasteiger partial charge is 0.486 e. The first-order valence-electron chi connectivity index (χ1n) is 4.31. The molecule has 1 aromatic rings. The number of rotatable bonds is 0. The number of fused-ring (bicyclic) bond motifs is 1. The summed E-state index contributed by atoms with van der Waals surface area (Å²) in [5.41, 5.74) is 2.12. The zero-order chi connectivity index (χ0) is 9.42. The lowest BCUT2D eigenvalue weighted by atomic mass is 10.0. The van der Waals surface area contributed by atoms with Crippen molar-refractivity contribution in [2.75, 3.05) is 0 Å². The molecule has 0 aromatic heterocycles. The molecule has 0 spiro atoms. The Morgan fingerprint density at radius 2 is 2.15 bits per heavy atom. The average molecular weight is 178 g/mol. The van der Waals surface area contributed by atoms with Gasteiger partial charge in [-0.05, 0) is 37.6 Å². The first kappa shape index (κ1) is 8.30. The Kier molecular flexibility index (Phi) is 1.83. The number of ether oxygens (including phenoxy) is 1. The van der Waals surface area contributed by atoms with Crippen LogP contribution in [0.25, 0.3) is 6.08 Å². The van der Waals surface area contributed by atoms with Crippen molar-refractivity contribution < 1.29 is 9.13 Å². The van der Waals surface area contributed by atoms with Crippen molar-refractivity contribution in [3.63, 3.8) is 0 Å². The molecule has 2 rings (SSSR count). The van der Waals surface area contributed by atoms with E-state index in [-0.39, 0.29) is 11.9 Å². The van der Waals surface area contributed by atoms with Gasteiger partial charge in [-0.1, -0.05) is 0 Å². The third-order valence-electron chi connectivity index (χ3n) is 2.30. The number of halogens is 1. The van der Waals surface area contributed by atoms with Crippen molar-refractivity contribution in [1.29, 1.82) is 0 Å². The molecule has 1 aliphatic heterocycles. The molecule has 0 saturated heterocycles. The zero-order valence-corrected chi connectivity index (χ0v) is 7.67. The van der Waals surface area contributed by atoms with E-state index < -0.39 is 0 Å². The first-order valence-corrected chi connectivity index (χ1v) is 4.31. The second kappa shape index (κ2) is 2.87. The van der Waals surface area contributed by atoms with Crippen LogP contribution in [-0.2, 0) is 0 Å². The van der Waals surface area contributed by atoms with Gasteiger partial charge in [-0.15, -0.1) is 0 Å². The van der Waals surface area contributed by atoms with Gasteiger partial charge in [0.1, 0.15) is 17.7 Å². The van der Waals surface area contributed by atoms with Crippen molar-refractivity contribution in [2.45, 2.75) is 20.0 Å². The van der Waals surface area contributed by atoms with E-state index in [2.05, 4.69) is 0 Å². The predicted molar refractivity (Wildman–Crippen MR) is 50.1 cm³/mol. The molecular weight excluding hydrogens is 167 g/mol. The van der Waals surface area contributed by atoms with Gasteiger partial charge in [0.15, 0.2) is 0 Å². The molecule has 1 unspecified atom stereocenters. The molecule has 1 nitrogen and oxygen atoms in total. The van der Waals surface area contributed by atoms with E-state index >= 15 is 0 Å². The SMILES string of the molecule is CC1=Cc2ccc(F)cc2OC1C. The van der Waals surface area contributed by atoms with E-state index in [1.165, 1.54) is 17.7 Å². The fraction of sp³-hybridized carbons (Fsp3) is 0.273. The normalized spacial score (nSPS) is 20.2. The summed E-state index contributed by atoms with van der Waals surface area (Å²) in [4.78, 5) is 0. The van der Waals surface area contributed by atoms with Gasteiger partial charge in [0, 0.05) is 11.6 Å². The molecule has 0 N–H and O–H groups in total. The molecule has 2 heteroatoms. The molecule has 0 saturated carbocycles. The second-order valence-electron chi connectivity index (χ2n) is 3.33. The Labute approximate surface area is 76.8 Å². The molecule has 1 aliphatic rings. The van der Waals surface area contributed by atoms with Crippen molar-refractivity contribution in [2.24, 2.45) is 0 Å². The van der Waals surface area contributed by atoms with Crippen LogP contribution < -0.4 is 4.74 Å². The summed E-state index contributed by atoms with van der Waals surface area (Å²) < 4.78 is 18.3. The summed E-state index contributed by atoms with van der Waals surface area (Å²) in [5.74, 6) is 0.386. The Morgan fingerprint density at radius 1 is 1.38 bits per heavy atom. The first-order chi connectivity index (χ1) is 6.16. The maximum Gasteiger partial charge on any atom is 0.130 e. The average Bonchev–Trinajstić information content (AvgIpc) is 2.08. The summed E-state index contributed by atoms with van der Waals surface area (Å²) in [6, 6.07) is 4.61. The molecular formula is C11H11FO. The molecule has 0 radical (unpaired) electrons. The van der Waals surface area contributed by atoms with Gasteiger partial charge < -0.3 is 4.74 Å². The highest BCUT2D eigenvalue weighted by atomic mass is 19.1. The highest BCUT2D eigenvalue weighted by Gasteiger charge is 2.15. The van der Waals surface area contributed by atoms with Gasteiger partial charge in [-0.25, -0.2) is 4.39 Å². The molecule has 0 amide bonds. The van der Waals surface area contributed by atoms with Crippen molar-refractivity contribution in [3.05, 3.63) is 35.2 Å².